The van der Waals surface area contributed by atoms with Gasteiger partial charge in [0.2, 0.25) is 0 Å². The highest BCUT2D eigenvalue weighted by molar-refractivity contribution is 7.22. The molecule has 0 radical (unpaired) electrons. The molecule has 0 amide bonds. The van der Waals surface area contributed by atoms with E-state index in [1.807, 2.05) is 0 Å². The first kappa shape index (κ1) is 31.5. The van der Waals surface area contributed by atoms with Crippen LogP contribution in [0.25, 0.3) is 108 Å². The Kier molecular flexibility index (Phi) is 6.93. The van der Waals surface area contributed by atoms with Crippen LogP contribution in [0.5, 0.6) is 0 Å². The number of hydrogen-bond acceptors (Lipinski definition) is 4. The monoisotopic (exact) mass is 750 g/mol. The van der Waals surface area contributed by atoms with E-state index in [1.165, 1.54) is 65.1 Å². The highest BCUT2D eigenvalue weighted by Gasteiger charge is 2.17. The lowest BCUT2D eigenvalue weighted by molar-refractivity contribution is 1.18. The molecule has 262 valence electrons. The predicted octanol–water partition coefficient (Wildman–Crippen LogP) is 14.1. The first-order chi connectivity index (χ1) is 27.7. The summed E-state index contributed by atoms with van der Waals surface area (Å²) in [4.78, 5) is 10.2. The Morgan fingerprint density at radius 1 is 0.321 bits per heavy atom. The molecule has 0 bridgehead atoms. The first-order valence-electron chi connectivity index (χ1n) is 18.7. The van der Waals surface area contributed by atoms with Crippen molar-refractivity contribution < 1.29 is 0 Å². The lowest BCUT2D eigenvalue weighted by atomic mass is 10.0. The Balaban J connectivity index is 0.895. The van der Waals surface area contributed by atoms with Crippen LogP contribution in [-0.2, 0) is 0 Å². The van der Waals surface area contributed by atoms with Gasteiger partial charge in [-0.1, -0.05) is 84.9 Å². The topological polar surface area (TPSA) is 35.6 Å². The first-order valence-corrected chi connectivity index (χ1v) is 20.4. The smallest absolute Gasteiger partial charge is 0.124 e. The number of nitrogens with zero attached hydrogens (tertiary/aromatic N) is 4. The highest BCUT2D eigenvalue weighted by atomic mass is 32.1. The van der Waals surface area contributed by atoms with Gasteiger partial charge in [-0.25, -0.2) is 9.97 Å². The third-order valence-corrected chi connectivity index (χ3v) is 13.1. The Bertz CT molecular complexity index is 3320. The molecule has 56 heavy (non-hydrogen) atoms. The van der Waals surface area contributed by atoms with E-state index >= 15 is 0 Å². The summed E-state index contributed by atoms with van der Waals surface area (Å²) in [7, 11) is 0. The Morgan fingerprint density at radius 2 is 0.714 bits per heavy atom. The maximum atomic E-state index is 5.11. The van der Waals surface area contributed by atoms with Crippen LogP contribution in [0.1, 0.15) is 0 Å². The number of fused-ring (bicyclic) bond motifs is 8. The van der Waals surface area contributed by atoms with Gasteiger partial charge in [-0.3, -0.25) is 0 Å². The summed E-state index contributed by atoms with van der Waals surface area (Å²) < 4.78 is 7.05. The van der Waals surface area contributed by atoms with Gasteiger partial charge >= 0.3 is 0 Å². The van der Waals surface area contributed by atoms with Gasteiger partial charge in [-0.15, -0.1) is 22.7 Å². The molecule has 0 saturated carbocycles. The van der Waals surface area contributed by atoms with Gasteiger partial charge in [0.05, 0.1) is 42.5 Å². The standard InChI is InChI=1S/C50H30N4S2/c1-3-11-35(12-4-1)53-43-17-9-7-15-37(43)39-27-31(21-25-45(39)53)32-19-23-41-47(29-32)55-50(52-41)34-20-24-42-48(30-34)56-49(51-42)33-22-26-46-40(28-33)38-16-8-10-18-44(38)54(46)36-13-5-2-6-14-36/h1-30H. The van der Waals surface area contributed by atoms with Crippen molar-refractivity contribution in [3.05, 3.63) is 182 Å². The number of benzene rings is 8. The molecule has 4 aromatic heterocycles. The van der Waals surface area contributed by atoms with Gasteiger partial charge in [0.1, 0.15) is 10.0 Å². The van der Waals surface area contributed by atoms with E-state index in [0.717, 1.165) is 42.6 Å². The molecule has 0 aliphatic carbocycles. The second-order valence-electron chi connectivity index (χ2n) is 14.2. The van der Waals surface area contributed by atoms with Gasteiger partial charge in [-0.2, -0.15) is 0 Å². The molecule has 0 atom stereocenters. The Morgan fingerprint density at radius 3 is 1.29 bits per heavy atom. The van der Waals surface area contributed by atoms with Gasteiger partial charge in [-0.05, 0) is 108 Å². The molecule has 6 heteroatoms. The van der Waals surface area contributed by atoms with Crippen LogP contribution in [0, 0.1) is 0 Å². The molecule has 4 heterocycles. The van der Waals surface area contributed by atoms with E-state index in [4.69, 9.17) is 9.97 Å². The number of thiazole rings is 2. The van der Waals surface area contributed by atoms with Crippen LogP contribution >= 0.6 is 22.7 Å². The molecule has 0 spiro atoms. The maximum Gasteiger partial charge on any atom is 0.124 e. The van der Waals surface area contributed by atoms with Gasteiger partial charge < -0.3 is 9.13 Å². The van der Waals surface area contributed by atoms with Crippen molar-refractivity contribution in [2.75, 3.05) is 0 Å². The molecule has 4 nitrogen and oxygen atoms in total. The van der Waals surface area contributed by atoms with E-state index in [-0.39, 0.29) is 0 Å². The summed E-state index contributed by atoms with van der Waals surface area (Å²) >= 11 is 3.49. The minimum Gasteiger partial charge on any atom is -0.309 e. The third-order valence-electron chi connectivity index (χ3n) is 11.0. The zero-order chi connectivity index (χ0) is 36.7. The van der Waals surface area contributed by atoms with Crippen LogP contribution < -0.4 is 0 Å². The molecule has 8 aromatic carbocycles. The Hall–Kier alpha value is -6.86. The lowest BCUT2D eigenvalue weighted by Crippen LogP contribution is -1.92. The van der Waals surface area contributed by atoms with Crippen LogP contribution in [0.3, 0.4) is 0 Å². The summed E-state index contributed by atoms with van der Waals surface area (Å²) in [6.07, 6.45) is 0. The van der Waals surface area contributed by atoms with E-state index in [9.17, 15) is 0 Å². The molecule has 0 N–H and O–H groups in total. The highest BCUT2D eigenvalue weighted by Crippen LogP contribution is 2.40. The average Bonchev–Trinajstić information content (AvgIpc) is 4.04. The number of aromatic nitrogens is 4. The van der Waals surface area contributed by atoms with Crippen molar-refractivity contribution in [1.29, 1.82) is 0 Å². The lowest BCUT2D eigenvalue weighted by Gasteiger charge is -2.08. The van der Waals surface area contributed by atoms with Crippen molar-refractivity contribution in [1.82, 2.24) is 19.1 Å². The van der Waals surface area contributed by atoms with Gasteiger partial charge in [0.15, 0.2) is 0 Å². The summed E-state index contributed by atoms with van der Waals surface area (Å²) in [6.45, 7) is 0. The van der Waals surface area contributed by atoms with Gasteiger partial charge in [0.25, 0.3) is 0 Å². The molecule has 0 unspecified atom stereocenters. The average molecular weight is 751 g/mol. The van der Waals surface area contributed by atoms with Crippen LogP contribution in [0.4, 0.5) is 0 Å². The second-order valence-corrected chi connectivity index (χ2v) is 16.3. The van der Waals surface area contributed by atoms with Crippen molar-refractivity contribution in [3.63, 3.8) is 0 Å². The fraction of sp³-hybridized carbons (Fsp3) is 0. The summed E-state index contributed by atoms with van der Waals surface area (Å²) in [5, 5.41) is 7.02. The predicted molar refractivity (Wildman–Crippen MR) is 238 cm³/mol. The number of rotatable bonds is 5. The maximum absolute atomic E-state index is 5.11. The fourth-order valence-electron chi connectivity index (χ4n) is 8.38. The zero-order valence-electron chi connectivity index (χ0n) is 29.9. The molecule has 12 aromatic rings. The largest absolute Gasteiger partial charge is 0.309 e. The Labute approximate surface area is 329 Å². The van der Waals surface area contributed by atoms with Gasteiger partial charge in [0, 0.05) is 44.0 Å². The fourth-order valence-corrected chi connectivity index (χ4v) is 10.4. The van der Waals surface area contributed by atoms with Crippen molar-refractivity contribution in [3.8, 4) is 43.6 Å². The molecule has 0 aliphatic rings. The number of para-hydroxylation sites is 4. The zero-order valence-corrected chi connectivity index (χ0v) is 31.6. The van der Waals surface area contributed by atoms with Crippen LogP contribution in [-0.4, -0.2) is 19.1 Å². The molecular formula is C50H30N4S2. The van der Waals surface area contributed by atoms with E-state index in [1.54, 1.807) is 22.7 Å². The normalized spacial score (nSPS) is 11.9. The summed E-state index contributed by atoms with van der Waals surface area (Å²) in [6, 6.07) is 65.4. The minimum atomic E-state index is 1.01. The molecule has 0 aliphatic heterocycles. The van der Waals surface area contributed by atoms with E-state index < -0.39 is 0 Å². The quantitative estimate of drug-likeness (QED) is 0.176. The van der Waals surface area contributed by atoms with Crippen LogP contribution in [0.2, 0.25) is 0 Å². The van der Waals surface area contributed by atoms with E-state index in [0.29, 0.717) is 0 Å². The molecule has 0 saturated heterocycles. The van der Waals surface area contributed by atoms with Crippen molar-refractivity contribution in [2.24, 2.45) is 0 Å². The summed E-state index contributed by atoms with van der Waals surface area (Å²) in [5.41, 5.74) is 13.8. The summed E-state index contributed by atoms with van der Waals surface area (Å²) in [5.74, 6) is 0. The van der Waals surface area contributed by atoms with Crippen molar-refractivity contribution >= 4 is 86.7 Å². The second kappa shape index (κ2) is 12.3. The molecule has 0 fully saturated rings. The molecule has 12 rings (SSSR count). The molecular weight excluding hydrogens is 721 g/mol. The minimum absolute atomic E-state index is 1.01. The SMILES string of the molecule is c1ccc(-n2c3ccccc3c3cc(-c4ccc5nc(-c6ccc7nc(-c8ccc9c(c8)c8ccccc8n9-c8ccccc8)sc7c6)sc5c4)ccc32)cc1. The van der Waals surface area contributed by atoms with E-state index in [2.05, 4.69) is 191 Å². The van der Waals surface area contributed by atoms with Crippen molar-refractivity contribution in [2.45, 2.75) is 0 Å². The number of hydrogen-bond donors (Lipinski definition) is 0. The third kappa shape index (κ3) is 4.90. The van der Waals surface area contributed by atoms with Crippen LogP contribution in [0.15, 0.2) is 182 Å².